The van der Waals surface area contributed by atoms with Crippen LogP contribution in [0.2, 0.25) is 0 Å². The van der Waals surface area contributed by atoms with Gasteiger partial charge in [0.15, 0.2) is 0 Å². The summed E-state index contributed by atoms with van der Waals surface area (Å²) in [6, 6.07) is 18.1. The Morgan fingerprint density at radius 2 is 1.93 bits per heavy atom. The molecule has 1 atom stereocenters. The third kappa shape index (κ3) is 2.89. The summed E-state index contributed by atoms with van der Waals surface area (Å²) in [7, 11) is 0. The number of carbonyl (C=O) groups is 1. The molecule has 0 radical (unpaired) electrons. The van der Waals surface area contributed by atoms with Crippen molar-refractivity contribution in [3.63, 3.8) is 0 Å². The number of carbonyl (C=O) groups excluding carboxylic acids is 1. The van der Waals surface area contributed by atoms with Crippen LogP contribution in [0, 0.1) is 5.92 Å². The van der Waals surface area contributed by atoms with Crippen LogP contribution >= 0.6 is 0 Å². The van der Waals surface area contributed by atoms with Gasteiger partial charge in [0.2, 0.25) is 5.91 Å². The van der Waals surface area contributed by atoms with E-state index in [9.17, 15) is 4.79 Å². The van der Waals surface area contributed by atoms with Gasteiger partial charge in [-0.25, -0.2) is 0 Å². The van der Waals surface area contributed by atoms with Gasteiger partial charge < -0.3 is 9.64 Å². The van der Waals surface area contributed by atoms with Crippen molar-refractivity contribution in [1.82, 2.24) is 15.1 Å². The molecule has 5 nitrogen and oxygen atoms in total. The SMILES string of the molecule is O=C([C@H]1COc2ccccc2C1)N1CCc2[nH]nc(-c3ccccc3)c2C1. The van der Waals surface area contributed by atoms with Crippen LogP contribution in [0.3, 0.4) is 0 Å². The largest absolute Gasteiger partial charge is 0.492 e. The van der Waals surface area contributed by atoms with Crippen molar-refractivity contribution in [2.24, 2.45) is 5.92 Å². The van der Waals surface area contributed by atoms with E-state index in [2.05, 4.69) is 22.3 Å². The summed E-state index contributed by atoms with van der Waals surface area (Å²) in [6.07, 6.45) is 1.56. The summed E-state index contributed by atoms with van der Waals surface area (Å²) in [5.74, 6) is 0.965. The molecule has 136 valence electrons. The van der Waals surface area contributed by atoms with Crippen molar-refractivity contribution in [1.29, 1.82) is 0 Å². The number of nitrogens with one attached hydrogen (secondary N) is 1. The highest BCUT2D eigenvalue weighted by Crippen LogP contribution is 2.31. The molecule has 5 rings (SSSR count). The van der Waals surface area contributed by atoms with E-state index in [1.165, 1.54) is 0 Å². The molecular formula is C22H21N3O2. The number of hydrogen-bond donors (Lipinski definition) is 1. The second-order valence-electron chi connectivity index (χ2n) is 7.22. The number of benzene rings is 2. The first-order chi connectivity index (χ1) is 13.3. The molecule has 2 aromatic carbocycles. The number of aromatic amines is 1. The Morgan fingerprint density at radius 3 is 2.81 bits per heavy atom. The van der Waals surface area contributed by atoms with Gasteiger partial charge in [-0.05, 0) is 18.1 Å². The minimum absolute atomic E-state index is 0.117. The lowest BCUT2D eigenvalue weighted by Gasteiger charge is -2.32. The van der Waals surface area contributed by atoms with Gasteiger partial charge in [-0.1, -0.05) is 48.5 Å². The van der Waals surface area contributed by atoms with E-state index in [0.29, 0.717) is 13.2 Å². The zero-order chi connectivity index (χ0) is 18.2. The number of ether oxygens (including phenoxy) is 1. The number of fused-ring (bicyclic) bond motifs is 2. The maximum Gasteiger partial charge on any atom is 0.229 e. The Morgan fingerprint density at radius 1 is 1.11 bits per heavy atom. The quantitative estimate of drug-likeness (QED) is 0.764. The summed E-state index contributed by atoms with van der Waals surface area (Å²) in [5.41, 5.74) is 5.43. The van der Waals surface area contributed by atoms with Gasteiger partial charge in [0, 0.05) is 36.3 Å². The van der Waals surface area contributed by atoms with Crippen LogP contribution in [0.5, 0.6) is 5.75 Å². The number of nitrogens with zero attached hydrogens (tertiary/aromatic N) is 2. The molecule has 0 fully saturated rings. The van der Waals surface area contributed by atoms with Gasteiger partial charge in [-0.15, -0.1) is 0 Å². The van der Waals surface area contributed by atoms with Gasteiger partial charge in [-0.3, -0.25) is 9.89 Å². The lowest BCUT2D eigenvalue weighted by Crippen LogP contribution is -2.43. The van der Waals surface area contributed by atoms with Gasteiger partial charge in [0.05, 0.1) is 11.6 Å². The number of H-pyrrole nitrogens is 1. The molecule has 5 heteroatoms. The van der Waals surface area contributed by atoms with Crippen LogP contribution in [0.15, 0.2) is 54.6 Å². The highest BCUT2D eigenvalue weighted by atomic mass is 16.5. The predicted octanol–water partition coefficient (Wildman–Crippen LogP) is 3.21. The highest BCUT2D eigenvalue weighted by Gasteiger charge is 2.32. The zero-order valence-corrected chi connectivity index (χ0v) is 15.0. The van der Waals surface area contributed by atoms with Gasteiger partial charge in [0.1, 0.15) is 12.4 Å². The first kappa shape index (κ1) is 16.1. The molecule has 3 heterocycles. The molecule has 27 heavy (non-hydrogen) atoms. The lowest BCUT2D eigenvalue weighted by atomic mass is 9.94. The molecular weight excluding hydrogens is 338 g/mol. The fourth-order valence-corrected chi connectivity index (χ4v) is 4.06. The van der Waals surface area contributed by atoms with Crippen LogP contribution in [0.4, 0.5) is 0 Å². The predicted molar refractivity (Wildman–Crippen MR) is 102 cm³/mol. The smallest absolute Gasteiger partial charge is 0.229 e. The Labute approximate surface area is 158 Å². The number of hydrogen-bond acceptors (Lipinski definition) is 3. The van der Waals surface area contributed by atoms with Gasteiger partial charge in [0.25, 0.3) is 0 Å². The molecule has 0 bridgehead atoms. The molecule has 0 saturated carbocycles. The number of rotatable bonds is 2. The van der Waals surface area contributed by atoms with E-state index in [0.717, 1.165) is 53.2 Å². The summed E-state index contributed by atoms with van der Waals surface area (Å²) >= 11 is 0. The number of para-hydroxylation sites is 1. The fraction of sp³-hybridized carbons (Fsp3) is 0.273. The van der Waals surface area contributed by atoms with E-state index in [1.54, 1.807) is 0 Å². The summed E-state index contributed by atoms with van der Waals surface area (Å²) in [4.78, 5) is 15.1. The van der Waals surface area contributed by atoms with Crippen LogP contribution in [-0.4, -0.2) is 34.2 Å². The third-order valence-corrected chi connectivity index (χ3v) is 5.52. The Bertz CT molecular complexity index is 980. The molecule has 0 saturated heterocycles. The first-order valence-electron chi connectivity index (χ1n) is 9.40. The average molecular weight is 359 g/mol. The summed E-state index contributed by atoms with van der Waals surface area (Å²) < 4.78 is 5.83. The van der Waals surface area contributed by atoms with Crippen LogP contribution in [0.25, 0.3) is 11.3 Å². The maximum absolute atomic E-state index is 13.2. The van der Waals surface area contributed by atoms with Gasteiger partial charge >= 0.3 is 0 Å². The van der Waals surface area contributed by atoms with E-state index >= 15 is 0 Å². The zero-order valence-electron chi connectivity index (χ0n) is 15.0. The first-order valence-corrected chi connectivity index (χ1v) is 9.40. The molecule has 1 aromatic heterocycles. The Kier molecular flexibility index (Phi) is 3.93. The summed E-state index contributed by atoms with van der Waals surface area (Å²) in [5, 5.41) is 7.68. The minimum Gasteiger partial charge on any atom is -0.492 e. The topological polar surface area (TPSA) is 58.2 Å². The van der Waals surface area contributed by atoms with Crippen molar-refractivity contribution < 1.29 is 9.53 Å². The van der Waals surface area contributed by atoms with E-state index in [1.807, 2.05) is 47.4 Å². The molecule has 0 spiro atoms. The normalized spacial score (nSPS) is 18.4. The molecule has 1 amide bonds. The molecule has 0 aliphatic carbocycles. The lowest BCUT2D eigenvalue weighted by molar-refractivity contribution is -0.137. The number of aromatic nitrogens is 2. The second kappa shape index (κ2) is 6.58. The van der Waals surface area contributed by atoms with Crippen LogP contribution in [0.1, 0.15) is 16.8 Å². The van der Waals surface area contributed by atoms with Crippen molar-refractivity contribution >= 4 is 5.91 Å². The average Bonchev–Trinajstić information content (AvgIpc) is 3.17. The monoisotopic (exact) mass is 359 g/mol. The molecule has 1 N–H and O–H groups in total. The van der Waals surface area contributed by atoms with Crippen molar-refractivity contribution in [3.05, 3.63) is 71.4 Å². The van der Waals surface area contributed by atoms with Crippen molar-refractivity contribution in [2.75, 3.05) is 13.2 Å². The van der Waals surface area contributed by atoms with Crippen molar-refractivity contribution in [3.8, 4) is 17.0 Å². The standard InChI is InChI=1S/C22H21N3O2/c26-22(17-12-16-8-4-5-9-20(16)27-14-17)25-11-10-19-18(13-25)21(24-23-19)15-6-2-1-3-7-15/h1-9,17H,10-14H2,(H,23,24)/t17-/m1/s1. The molecule has 0 unspecified atom stereocenters. The van der Waals surface area contributed by atoms with Crippen molar-refractivity contribution in [2.45, 2.75) is 19.4 Å². The van der Waals surface area contributed by atoms with E-state index in [-0.39, 0.29) is 11.8 Å². The second-order valence-corrected chi connectivity index (χ2v) is 7.22. The van der Waals surface area contributed by atoms with Crippen LogP contribution < -0.4 is 4.74 Å². The molecule has 3 aromatic rings. The summed E-state index contributed by atoms with van der Waals surface area (Å²) in [6.45, 7) is 1.78. The Balaban J connectivity index is 1.37. The Hall–Kier alpha value is -3.08. The van der Waals surface area contributed by atoms with Crippen LogP contribution in [-0.2, 0) is 24.2 Å². The fourth-order valence-electron chi connectivity index (χ4n) is 4.06. The molecule has 2 aliphatic rings. The molecule has 2 aliphatic heterocycles. The third-order valence-electron chi connectivity index (χ3n) is 5.52. The van der Waals surface area contributed by atoms with E-state index < -0.39 is 0 Å². The van der Waals surface area contributed by atoms with E-state index in [4.69, 9.17) is 4.74 Å². The highest BCUT2D eigenvalue weighted by molar-refractivity contribution is 5.80. The minimum atomic E-state index is -0.117. The maximum atomic E-state index is 13.2. The number of amides is 1. The van der Waals surface area contributed by atoms with Gasteiger partial charge in [-0.2, -0.15) is 5.10 Å².